The molecule has 226 valence electrons. The van der Waals surface area contributed by atoms with E-state index in [1.54, 1.807) is 15.9 Å². The van der Waals surface area contributed by atoms with E-state index in [0.717, 1.165) is 0 Å². The molecule has 1 N–H and O–H groups in total. The first-order chi connectivity index (χ1) is 19.8. The fraction of sp³-hybridized carbons (Fsp3) is 0.536. The van der Waals surface area contributed by atoms with Crippen molar-refractivity contribution in [3.63, 3.8) is 0 Å². The maximum atomic E-state index is 15.0. The first-order valence-electron chi connectivity index (χ1n) is 13.7. The minimum Gasteiger partial charge on any atom is -0.489 e. The van der Waals surface area contributed by atoms with Gasteiger partial charge in [-0.1, -0.05) is 23.7 Å². The molecule has 14 heteroatoms. The van der Waals surface area contributed by atoms with Gasteiger partial charge in [0, 0.05) is 56.4 Å². The Morgan fingerprint density at radius 1 is 1.12 bits per heavy atom. The van der Waals surface area contributed by atoms with Crippen molar-refractivity contribution in [2.24, 2.45) is 5.92 Å². The van der Waals surface area contributed by atoms with Crippen molar-refractivity contribution >= 4 is 29.4 Å². The fourth-order valence-corrected chi connectivity index (χ4v) is 6.79. The van der Waals surface area contributed by atoms with Crippen molar-refractivity contribution in [3.05, 3.63) is 40.7 Å². The third-order valence-corrected chi connectivity index (χ3v) is 9.21. The lowest BCUT2D eigenvalue weighted by atomic mass is 9.93. The zero-order valence-corrected chi connectivity index (χ0v) is 23.8. The molecule has 42 heavy (non-hydrogen) atoms. The molecule has 4 aliphatic rings. The average molecular weight is 612 g/mol. The van der Waals surface area contributed by atoms with Gasteiger partial charge in [0.15, 0.2) is 5.75 Å². The molecule has 0 bridgehead atoms. The van der Waals surface area contributed by atoms with E-state index >= 15 is 4.39 Å². The average Bonchev–Trinajstić information content (AvgIpc) is 3.11. The van der Waals surface area contributed by atoms with Crippen molar-refractivity contribution in [2.45, 2.75) is 44.1 Å². The summed E-state index contributed by atoms with van der Waals surface area (Å²) in [6, 6.07) is 5.13. The number of hydrogen-bond acceptors (Lipinski definition) is 6. The monoisotopic (exact) mass is 611 g/mol. The van der Waals surface area contributed by atoms with Gasteiger partial charge in [-0.05, 0) is 32.4 Å². The third-order valence-electron chi connectivity index (χ3n) is 8.86. The minimum atomic E-state index is -4.25. The van der Waals surface area contributed by atoms with E-state index in [1.165, 1.54) is 23.1 Å². The summed E-state index contributed by atoms with van der Waals surface area (Å²) in [6.07, 6.45) is -4.84. The van der Waals surface area contributed by atoms with Crippen molar-refractivity contribution < 1.29 is 37.0 Å². The second kappa shape index (κ2) is 10.1. The number of benzene rings is 1. The summed E-state index contributed by atoms with van der Waals surface area (Å²) in [5.41, 5.74) is -0.380. The van der Waals surface area contributed by atoms with Gasteiger partial charge in [0.2, 0.25) is 0 Å². The zero-order valence-electron chi connectivity index (χ0n) is 23.0. The number of carbonyl (C=O) groups excluding carboxylic acids is 1. The van der Waals surface area contributed by atoms with E-state index in [-0.39, 0.29) is 78.8 Å². The summed E-state index contributed by atoms with van der Waals surface area (Å²) >= 11 is 6.80. The number of fused-ring (bicyclic) bond motifs is 2. The van der Waals surface area contributed by atoms with E-state index in [9.17, 15) is 27.9 Å². The summed E-state index contributed by atoms with van der Waals surface area (Å²) in [5, 5.41) is 9.46. The first-order valence-corrected chi connectivity index (χ1v) is 14.1. The molecule has 3 fully saturated rings. The number of hydrogen-bond donors (Lipinski definition) is 1. The van der Waals surface area contributed by atoms with Crippen molar-refractivity contribution in [3.8, 4) is 17.0 Å². The Labute approximate surface area is 244 Å². The van der Waals surface area contributed by atoms with Crippen LogP contribution in [0.1, 0.15) is 30.6 Å². The SMILES string of the molecule is CC1(C)CC(N2CC(C(F)(F)F)C2)CN1c1nc(-c2ccccc2F)c(Cl)c2c1C(=O)N1CCN(C(=O)O)C[C@@H]1CO2. The molecular formula is C28H30ClF4N5O4. The van der Waals surface area contributed by atoms with Crippen LogP contribution in [0.15, 0.2) is 24.3 Å². The van der Waals surface area contributed by atoms with Crippen molar-refractivity contribution in [2.75, 3.05) is 50.8 Å². The van der Waals surface area contributed by atoms with E-state index in [1.807, 2.05) is 18.7 Å². The van der Waals surface area contributed by atoms with Gasteiger partial charge in [-0.15, -0.1) is 0 Å². The molecule has 0 saturated carbocycles. The lowest BCUT2D eigenvalue weighted by Crippen LogP contribution is -2.57. The van der Waals surface area contributed by atoms with Gasteiger partial charge in [0.05, 0.1) is 17.7 Å². The molecule has 4 aliphatic heterocycles. The standard InChI is InChI=1S/C28H30ClF4N5O4/c1-27(2)9-16(36-10-15(11-36)28(31,32)33)13-38(27)24-20-23(21(29)22(34-24)18-5-3-4-6-19(18)30)42-14-17-12-35(26(40)41)7-8-37(17)25(20)39/h3-6,15-17H,7-14H2,1-2H3,(H,40,41)/t16?,17-/m1/s1. The van der Waals surface area contributed by atoms with E-state index in [0.29, 0.717) is 13.0 Å². The minimum absolute atomic E-state index is 0.0292. The number of ether oxygens (including phenoxy) is 1. The van der Waals surface area contributed by atoms with Crippen molar-refractivity contribution in [1.82, 2.24) is 19.7 Å². The topological polar surface area (TPSA) is 89.5 Å². The number of anilines is 1. The van der Waals surface area contributed by atoms with Crippen LogP contribution < -0.4 is 9.64 Å². The van der Waals surface area contributed by atoms with Crippen LogP contribution >= 0.6 is 11.6 Å². The number of alkyl halides is 3. The highest BCUT2D eigenvalue weighted by Crippen LogP contribution is 2.48. The van der Waals surface area contributed by atoms with Crippen LogP contribution in [-0.4, -0.2) is 106 Å². The Balaban J connectivity index is 1.43. The summed E-state index contributed by atoms with van der Waals surface area (Å²) in [4.78, 5) is 37.1. The third kappa shape index (κ3) is 4.80. The molecule has 1 aromatic carbocycles. The molecule has 3 saturated heterocycles. The van der Waals surface area contributed by atoms with Gasteiger partial charge in [-0.3, -0.25) is 9.69 Å². The van der Waals surface area contributed by atoms with E-state index in [2.05, 4.69) is 0 Å². The number of carbonyl (C=O) groups is 2. The number of amides is 2. The second-order valence-electron chi connectivity index (χ2n) is 11.9. The van der Waals surface area contributed by atoms with E-state index < -0.39 is 41.5 Å². The smallest absolute Gasteiger partial charge is 0.407 e. The molecule has 2 aromatic rings. The Kier molecular flexibility index (Phi) is 6.95. The fourth-order valence-electron chi connectivity index (χ4n) is 6.49. The number of likely N-dealkylation sites (tertiary alicyclic amines) is 1. The first kappa shape index (κ1) is 28.8. The number of carboxylic acid groups (broad SMARTS) is 1. The quantitative estimate of drug-likeness (QED) is 0.508. The molecule has 6 rings (SSSR count). The van der Waals surface area contributed by atoms with Crippen LogP contribution in [0.4, 0.5) is 28.2 Å². The van der Waals surface area contributed by atoms with Gasteiger partial charge in [0.1, 0.15) is 28.8 Å². The number of aromatic nitrogens is 1. The Morgan fingerprint density at radius 2 is 1.83 bits per heavy atom. The largest absolute Gasteiger partial charge is 0.489 e. The Hall–Kier alpha value is -3.32. The summed E-state index contributed by atoms with van der Waals surface area (Å²) in [6.45, 7) is 4.20. The Bertz CT molecular complexity index is 1430. The molecular weight excluding hydrogens is 582 g/mol. The second-order valence-corrected chi connectivity index (χ2v) is 12.3. The number of rotatable bonds is 3. The van der Waals surface area contributed by atoms with Crippen LogP contribution in [0.3, 0.4) is 0 Å². The van der Waals surface area contributed by atoms with Crippen LogP contribution in [0.5, 0.6) is 5.75 Å². The zero-order chi connectivity index (χ0) is 30.1. The van der Waals surface area contributed by atoms with Gasteiger partial charge in [0.25, 0.3) is 5.91 Å². The molecule has 9 nitrogen and oxygen atoms in total. The molecule has 0 spiro atoms. The maximum absolute atomic E-state index is 15.0. The van der Waals surface area contributed by atoms with Crippen LogP contribution in [0, 0.1) is 11.7 Å². The predicted octanol–water partition coefficient (Wildman–Crippen LogP) is 4.59. The predicted molar refractivity (Wildman–Crippen MR) is 146 cm³/mol. The Morgan fingerprint density at radius 3 is 2.50 bits per heavy atom. The van der Waals surface area contributed by atoms with Crippen molar-refractivity contribution in [1.29, 1.82) is 0 Å². The highest BCUT2D eigenvalue weighted by atomic mass is 35.5. The summed E-state index contributed by atoms with van der Waals surface area (Å²) in [5.74, 6) is -2.16. The lowest BCUT2D eigenvalue weighted by molar-refractivity contribution is -0.213. The molecule has 2 amide bonds. The number of halogens is 5. The van der Waals surface area contributed by atoms with Gasteiger partial charge in [-0.2, -0.15) is 13.2 Å². The van der Waals surface area contributed by atoms with Crippen LogP contribution in [-0.2, 0) is 0 Å². The normalized spacial score (nSPS) is 24.5. The highest BCUT2D eigenvalue weighted by molar-refractivity contribution is 6.35. The van der Waals surface area contributed by atoms with Gasteiger partial charge >= 0.3 is 12.3 Å². The molecule has 1 aromatic heterocycles. The molecule has 0 aliphatic carbocycles. The van der Waals surface area contributed by atoms with Gasteiger partial charge < -0.3 is 24.5 Å². The number of piperazine rings is 1. The van der Waals surface area contributed by atoms with Gasteiger partial charge in [-0.25, -0.2) is 14.2 Å². The van der Waals surface area contributed by atoms with Crippen LogP contribution in [0.2, 0.25) is 5.02 Å². The molecule has 0 radical (unpaired) electrons. The summed E-state index contributed by atoms with van der Waals surface area (Å²) < 4.78 is 60.8. The molecule has 2 atom stereocenters. The van der Waals surface area contributed by atoms with E-state index in [4.69, 9.17) is 21.3 Å². The van der Waals surface area contributed by atoms with Crippen LogP contribution in [0.25, 0.3) is 11.3 Å². The molecule has 5 heterocycles. The number of pyridine rings is 1. The molecule has 1 unspecified atom stereocenters. The number of nitrogens with zero attached hydrogens (tertiary/aromatic N) is 5. The maximum Gasteiger partial charge on any atom is 0.407 e. The highest BCUT2D eigenvalue weighted by Gasteiger charge is 2.53. The lowest BCUT2D eigenvalue weighted by Gasteiger charge is -2.43. The summed E-state index contributed by atoms with van der Waals surface area (Å²) in [7, 11) is 0.